The molecule has 1 aliphatic rings. The van der Waals surface area contributed by atoms with Crippen molar-refractivity contribution >= 4 is 33.7 Å². The Morgan fingerprint density at radius 1 is 1.00 bits per heavy atom. The Balaban J connectivity index is 1.38. The zero-order valence-electron chi connectivity index (χ0n) is 22.4. The fraction of sp³-hybridized carbons (Fsp3) is 0.276. The number of rotatable bonds is 10. The van der Waals surface area contributed by atoms with Crippen molar-refractivity contribution in [1.29, 1.82) is 0 Å². The molecule has 10 nitrogen and oxygen atoms in total. The standard InChI is InChI=1S/C29H32N4O6S/c1-22-7-6-10-27(23(22)2)33(40(36,37)26-8-4-3-5-9-26)20-28(34)31-30-19-24-11-13-25(14-12-24)39-21-29(35)32-15-17-38-18-16-32/h3-14,19H,15-18,20-21H2,1-2H3,(H,31,34)/b30-19+. The number of ether oxygens (including phenoxy) is 2. The molecule has 40 heavy (non-hydrogen) atoms. The first-order valence-corrected chi connectivity index (χ1v) is 14.2. The number of benzene rings is 3. The van der Waals surface area contributed by atoms with Crippen molar-refractivity contribution in [2.45, 2.75) is 18.7 Å². The molecule has 0 aliphatic carbocycles. The number of sulfonamides is 1. The normalized spacial score (nSPS) is 13.7. The van der Waals surface area contributed by atoms with Gasteiger partial charge in [0.2, 0.25) is 0 Å². The van der Waals surface area contributed by atoms with Gasteiger partial charge >= 0.3 is 0 Å². The highest BCUT2D eigenvalue weighted by Gasteiger charge is 2.28. The predicted octanol–water partition coefficient (Wildman–Crippen LogP) is 2.89. The lowest BCUT2D eigenvalue weighted by Gasteiger charge is -2.26. The van der Waals surface area contributed by atoms with Crippen molar-refractivity contribution in [3.8, 4) is 5.75 Å². The van der Waals surface area contributed by atoms with E-state index in [2.05, 4.69) is 10.5 Å². The Kier molecular flexibility index (Phi) is 9.52. The summed E-state index contributed by atoms with van der Waals surface area (Å²) in [4.78, 5) is 26.9. The fourth-order valence-electron chi connectivity index (χ4n) is 4.07. The van der Waals surface area contributed by atoms with E-state index >= 15 is 0 Å². The van der Waals surface area contributed by atoms with E-state index in [0.29, 0.717) is 43.3 Å². The Bertz CT molecular complexity index is 1450. The first-order valence-electron chi connectivity index (χ1n) is 12.8. The lowest BCUT2D eigenvalue weighted by Crippen LogP contribution is -2.42. The van der Waals surface area contributed by atoms with Crippen LogP contribution in [0.15, 0.2) is 82.8 Å². The Hall–Kier alpha value is -4.22. The second kappa shape index (κ2) is 13.2. The first kappa shape index (κ1) is 28.8. The maximum Gasteiger partial charge on any atom is 0.264 e. The van der Waals surface area contributed by atoms with Crippen LogP contribution in [0.5, 0.6) is 5.75 Å². The van der Waals surface area contributed by atoms with E-state index in [0.717, 1.165) is 15.4 Å². The highest BCUT2D eigenvalue weighted by atomic mass is 32.2. The number of hydrazone groups is 1. The van der Waals surface area contributed by atoms with Gasteiger partial charge in [0.05, 0.1) is 30.0 Å². The predicted molar refractivity (Wildman–Crippen MR) is 152 cm³/mol. The second-order valence-electron chi connectivity index (χ2n) is 9.19. The van der Waals surface area contributed by atoms with Crippen LogP contribution < -0.4 is 14.5 Å². The summed E-state index contributed by atoms with van der Waals surface area (Å²) >= 11 is 0. The lowest BCUT2D eigenvalue weighted by molar-refractivity contribution is -0.137. The summed E-state index contributed by atoms with van der Waals surface area (Å²) in [6.07, 6.45) is 1.44. The Morgan fingerprint density at radius 2 is 1.70 bits per heavy atom. The summed E-state index contributed by atoms with van der Waals surface area (Å²) < 4.78 is 39.0. The molecule has 11 heteroatoms. The molecule has 1 heterocycles. The van der Waals surface area contributed by atoms with Gasteiger partial charge in [-0.2, -0.15) is 5.10 Å². The Morgan fingerprint density at radius 3 is 2.40 bits per heavy atom. The molecular weight excluding hydrogens is 532 g/mol. The van der Waals surface area contributed by atoms with Crippen molar-refractivity contribution in [2.24, 2.45) is 5.10 Å². The third kappa shape index (κ3) is 7.25. The van der Waals surface area contributed by atoms with Crippen LogP contribution >= 0.6 is 0 Å². The summed E-state index contributed by atoms with van der Waals surface area (Å²) in [6.45, 7) is 5.36. The number of anilines is 1. The van der Waals surface area contributed by atoms with Crippen LogP contribution in [0.4, 0.5) is 5.69 Å². The molecule has 210 valence electrons. The molecule has 0 unspecified atom stereocenters. The zero-order chi connectivity index (χ0) is 28.5. The largest absolute Gasteiger partial charge is 0.484 e. The van der Waals surface area contributed by atoms with E-state index in [-0.39, 0.29) is 17.4 Å². The van der Waals surface area contributed by atoms with Crippen LogP contribution in [-0.4, -0.2) is 70.8 Å². The molecule has 3 aromatic carbocycles. The number of aryl methyl sites for hydroxylation is 1. The quantitative estimate of drug-likeness (QED) is 0.299. The molecule has 0 atom stereocenters. The van der Waals surface area contributed by atoms with E-state index in [1.165, 1.54) is 18.3 Å². The molecule has 2 amide bonds. The van der Waals surface area contributed by atoms with Crippen LogP contribution in [0.25, 0.3) is 0 Å². The highest BCUT2D eigenvalue weighted by molar-refractivity contribution is 7.92. The summed E-state index contributed by atoms with van der Waals surface area (Å²) in [5.74, 6) is -0.169. The second-order valence-corrected chi connectivity index (χ2v) is 11.1. The number of hydrogen-bond acceptors (Lipinski definition) is 7. The molecule has 1 fully saturated rings. The third-order valence-corrected chi connectivity index (χ3v) is 8.25. The van der Waals surface area contributed by atoms with Gasteiger partial charge < -0.3 is 14.4 Å². The Labute approximate surface area is 234 Å². The van der Waals surface area contributed by atoms with Crippen LogP contribution in [0, 0.1) is 13.8 Å². The molecule has 0 radical (unpaired) electrons. The number of morpholine rings is 1. The van der Waals surface area contributed by atoms with Crippen molar-refractivity contribution in [2.75, 3.05) is 43.8 Å². The van der Waals surface area contributed by atoms with Gasteiger partial charge in [0.15, 0.2) is 6.61 Å². The zero-order valence-corrected chi connectivity index (χ0v) is 23.3. The molecule has 1 saturated heterocycles. The van der Waals surface area contributed by atoms with Gasteiger partial charge in [0, 0.05) is 13.1 Å². The smallest absolute Gasteiger partial charge is 0.264 e. The van der Waals surface area contributed by atoms with Gasteiger partial charge in [0.25, 0.3) is 21.8 Å². The number of nitrogens with zero attached hydrogens (tertiary/aromatic N) is 3. The average molecular weight is 565 g/mol. The molecule has 0 spiro atoms. The molecule has 0 bridgehead atoms. The minimum atomic E-state index is -4.02. The van der Waals surface area contributed by atoms with E-state index in [1.807, 2.05) is 19.9 Å². The van der Waals surface area contributed by atoms with Gasteiger partial charge in [-0.1, -0.05) is 30.3 Å². The first-order chi connectivity index (χ1) is 19.3. The molecule has 1 aliphatic heterocycles. The molecule has 4 rings (SSSR count). The SMILES string of the molecule is Cc1cccc(N(CC(=O)N/N=C/c2ccc(OCC(=O)N3CCOCC3)cc2)S(=O)(=O)c2ccccc2)c1C. The highest BCUT2D eigenvalue weighted by Crippen LogP contribution is 2.28. The van der Waals surface area contributed by atoms with Gasteiger partial charge in [-0.15, -0.1) is 0 Å². The third-order valence-electron chi connectivity index (χ3n) is 6.47. The average Bonchev–Trinajstić information content (AvgIpc) is 2.98. The van der Waals surface area contributed by atoms with Crippen LogP contribution in [-0.2, 0) is 24.3 Å². The van der Waals surface area contributed by atoms with E-state index in [1.54, 1.807) is 59.5 Å². The van der Waals surface area contributed by atoms with Crippen LogP contribution in [0.3, 0.4) is 0 Å². The van der Waals surface area contributed by atoms with Crippen molar-refractivity contribution in [1.82, 2.24) is 10.3 Å². The summed E-state index contributed by atoms with van der Waals surface area (Å²) in [6, 6.07) is 20.2. The maximum atomic E-state index is 13.5. The van der Waals surface area contributed by atoms with E-state index in [4.69, 9.17) is 9.47 Å². The number of carbonyl (C=O) groups excluding carboxylic acids is 2. The number of amides is 2. The van der Waals surface area contributed by atoms with Crippen molar-refractivity contribution in [3.63, 3.8) is 0 Å². The molecular formula is C29H32N4O6S. The minimum Gasteiger partial charge on any atom is -0.484 e. The minimum absolute atomic E-state index is 0.0632. The van der Waals surface area contributed by atoms with E-state index in [9.17, 15) is 18.0 Å². The lowest BCUT2D eigenvalue weighted by atomic mass is 10.1. The van der Waals surface area contributed by atoms with Crippen LogP contribution in [0.2, 0.25) is 0 Å². The summed E-state index contributed by atoms with van der Waals surface area (Å²) in [5.41, 5.74) is 5.17. The molecule has 1 N–H and O–H groups in total. The van der Waals surface area contributed by atoms with E-state index < -0.39 is 22.5 Å². The molecule has 3 aromatic rings. The van der Waals surface area contributed by atoms with Gasteiger partial charge in [-0.25, -0.2) is 13.8 Å². The van der Waals surface area contributed by atoms with Gasteiger partial charge in [0.1, 0.15) is 12.3 Å². The number of hydrogen-bond donors (Lipinski definition) is 1. The summed E-state index contributed by atoms with van der Waals surface area (Å²) in [7, 11) is -4.02. The molecule has 0 saturated carbocycles. The number of nitrogens with one attached hydrogen (secondary N) is 1. The molecule has 0 aromatic heterocycles. The number of carbonyl (C=O) groups is 2. The fourth-order valence-corrected chi connectivity index (χ4v) is 5.57. The monoisotopic (exact) mass is 564 g/mol. The maximum absolute atomic E-state index is 13.5. The van der Waals surface area contributed by atoms with Crippen LogP contribution in [0.1, 0.15) is 16.7 Å². The van der Waals surface area contributed by atoms with Crippen molar-refractivity contribution in [3.05, 3.63) is 89.5 Å². The van der Waals surface area contributed by atoms with Gasteiger partial charge in [-0.3, -0.25) is 13.9 Å². The summed E-state index contributed by atoms with van der Waals surface area (Å²) in [5, 5.41) is 3.99. The topological polar surface area (TPSA) is 118 Å². The van der Waals surface area contributed by atoms with Gasteiger partial charge in [-0.05, 0) is 73.0 Å². The van der Waals surface area contributed by atoms with Crippen molar-refractivity contribution < 1.29 is 27.5 Å².